The van der Waals surface area contributed by atoms with Crippen molar-refractivity contribution < 1.29 is 9.53 Å². The molecule has 0 fully saturated rings. The van der Waals surface area contributed by atoms with E-state index >= 15 is 0 Å². The zero-order chi connectivity index (χ0) is 9.26. The molecule has 0 bridgehead atoms. The topological polar surface area (TPSA) is 26.3 Å². The van der Waals surface area contributed by atoms with Crippen molar-refractivity contribution in [3.63, 3.8) is 0 Å². The number of para-hydroxylation sites is 1. The molecule has 0 spiro atoms. The molecule has 2 rings (SSSR count). The number of ether oxygens (including phenoxy) is 1. The van der Waals surface area contributed by atoms with E-state index < -0.39 is 0 Å². The van der Waals surface area contributed by atoms with Crippen molar-refractivity contribution in [3.8, 4) is 5.75 Å². The molecule has 1 aromatic rings. The van der Waals surface area contributed by atoms with Gasteiger partial charge in [0.05, 0.1) is 17.9 Å². The summed E-state index contributed by atoms with van der Waals surface area (Å²) in [6.45, 7) is 0.384. The Morgan fingerprint density at radius 1 is 1.46 bits per heavy atom. The Morgan fingerprint density at radius 3 is 3.00 bits per heavy atom. The smallest absolute Gasteiger partial charge is 0.128 e. The summed E-state index contributed by atoms with van der Waals surface area (Å²) in [5.74, 6) is 0.567. The minimum absolute atomic E-state index is 0.225. The Labute approximate surface area is 81.5 Å². The van der Waals surface area contributed by atoms with Crippen LogP contribution >= 0.6 is 11.6 Å². The van der Waals surface area contributed by atoms with Crippen LogP contribution in [0.15, 0.2) is 24.3 Å². The lowest BCUT2D eigenvalue weighted by atomic mass is 9.97. The summed E-state index contributed by atoms with van der Waals surface area (Å²) in [5.41, 5.74) is 0.910. The van der Waals surface area contributed by atoms with Crippen LogP contribution in [0.3, 0.4) is 0 Å². The molecule has 0 amide bonds. The van der Waals surface area contributed by atoms with Crippen molar-refractivity contribution in [2.75, 3.05) is 6.61 Å². The first-order valence-electron chi connectivity index (χ1n) is 4.14. The van der Waals surface area contributed by atoms with E-state index in [1.54, 1.807) is 0 Å². The molecule has 68 valence electrons. The van der Waals surface area contributed by atoms with E-state index in [9.17, 15) is 4.79 Å². The SMILES string of the molecule is O=CC1COc2ccccc2C1Cl. The summed E-state index contributed by atoms with van der Waals surface area (Å²) in [6, 6.07) is 7.54. The van der Waals surface area contributed by atoms with E-state index in [2.05, 4.69) is 0 Å². The van der Waals surface area contributed by atoms with E-state index in [1.165, 1.54) is 0 Å². The van der Waals surface area contributed by atoms with Gasteiger partial charge in [0.2, 0.25) is 0 Å². The summed E-state index contributed by atoms with van der Waals surface area (Å²) in [5, 5.41) is -0.248. The van der Waals surface area contributed by atoms with Gasteiger partial charge in [-0.2, -0.15) is 0 Å². The second-order valence-electron chi connectivity index (χ2n) is 3.05. The Bertz CT molecular complexity index is 324. The molecule has 0 saturated heterocycles. The average Bonchev–Trinajstić information content (AvgIpc) is 2.19. The van der Waals surface area contributed by atoms with E-state index in [0.29, 0.717) is 6.61 Å². The summed E-state index contributed by atoms with van der Waals surface area (Å²) in [7, 11) is 0. The van der Waals surface area contributed by atoms with Gasteiger partial charge in [-0.15, -0.1) is 11.6 Å². The van der Waals surface area contributed by atoms with Gasteiger partial charge in [0.15, 0.2) is 0 Å². The third-order valence-corrected chi connectivity index (χ3v) is 2.76. The first-order chi connectivity index (χ1) is 6.33. The van der Waals surface area contributed by atoms with Gasteiger partial charge in [0.25, 0.3) is 0 Å². The van der Waals surface area contributed by atoms with Gasteiger partial charge in [-0.3, -0.25) is 0 Å². The highest BCUT2D eigenvalue weighted by atomic mass is 35.5. The van der Waals surface area contributed by atoms with Crippen molar-refractivity contribution in [1.82, 2.24) is 0 Å². The molecule has 0 saturated carbocycles. The van der Waals surface area contributed by atoms with Crippen LogP contribution in [0.2, 0.25) is 0 Å². The number of rotatable bonds is 1. The number of aldehydes is 1. The lowest BCUT2D eigenvalue weighted by molar-refractivity contribution is -0.112. The second kappa shape index (κ2) is 3.38. The van der Waals surface area contributed by atoms with Crippen LogP contribution in [-0.4, -0.2) is 12.9 Å². The van der Waals surface area contributed by atoms with Gasteiger partial charge >= 0.3 is 0 Å². The van der Waals surface area contributed by atoms with Crippen molar-refractivity contribution in [2.45, 2.75) is 5.38 Å². The number of carbonyl (C=O) groups is 1. The fourth-order valence-corrected chi connectivity index (χ4v) is 1.76. The first-order valence-corrected chi connectivity index (χ1v) is 4.57. The average molecular weight is 197 g/mol. The molecule has 1 aliphatic rings. The molecule has 1 aliphatic heterocycles. The highest BCUT2D eigenvalue weighted by Gasteiger charge is 2.28. The number of alkyl halides is 1. The van der Waals surface area contributed by atoms with E-state index in [4.69, 9.17) is 16.3 Å². The second-order valence-corrected chi connectivity index (χ2v) is 3.52. The number of hydrogen-bond donors (Lipinski definition) is 0. The molecular formula is C10H9ClO2. The standard InChI is InChI=1S/C10H9ClO2/c11-10-7(5-12)6-13-9-4-2-1-3-8(9)10/h1-5,7,10H,6H2. The highest BCUT2D eigenvalue weighted by Crippen LogP contribution is 2.38. The molecule has 1 aromatic carbocycles. The van der Waals surface area contributed by atoms with Gasteiger partial charge in [-0.05, 0) is 6.07 Å². The minimum Gasteiger partial charge on any atom is -0.492 e. The molecule has 2 unspecified atom stereocenters. The lowest BCUT2D eigenvalue weighted by Gasteiger charge is -2.25. The molecule has 2 atom stereocenters. The largest absolute Gasteiger partial charge is 0.492 e. The molecule has 3 heteroatoms. The number of halogens is 1. The molecular weight excluding hydrogens is 188 g/mol. The Kier molecular flexibility index (Phi) is 2.23. The van der Waals surface area contributed by atoms with Crippen molar-refractivity contribution in [3.05, 3.63) is 29.8 Å². The third kappa shape index (κ3) is 1.42. The normalized spacial score (nSPS) is 25.9. The summed E-state index contributed by atoms with van der Waals surface area (Å²) >= 11 is 6.10. The Hall–Kier alpha value is -1.02. The van der Waals surface area contributed by atoms with Crippen LogP contribution in [0.5, 0.6) is 5.75 Å². The minimum atomic E-state index is -0.248. The van der Waals surface area contributed by atoms with Crippen LogP contribution in [0.1, 0.15) is 10.9 Å². The predicted octanol–water partition coefficient (Wildman–Crippen LogP) is 2.17. The van der Waals surface area contributed by atoms with Gasteiger partial charge in [0, 0.05) is 5.56 Å². The fraction of sp³-hybridized carbons (Fsp3) is 0.300. The monoisotopic (exact) mass is 196 g/mol. The summed E-state index contributed by atoms with van der Waals surface area (Å²) < 4.78 is 5.38. The van der Waals surface area contributed by atoms with Gasteiger partial charge < -0.3 is 9.53 Å². The summed E-state index contributed by atoms with van der Waals surface area (Å²) in [6.07, 6.45) is 0.855. The van der Waals surface area contributed by atoms with Gasteiger partial charge in [-0.25, -0.2) is 0 Å². The fourth-order valence-electron chi connectivity index (χ4n) is 1.45. The Morgan fingerprint density at radius 2 is 2.23 bits per heavy atom. The third-order valence-electron chi connectivity index (χ3n) is 2.20. The molecule has 0 radical (unpaired) electrons. The van der Waals surface area contributed by atoms with Crippen LogP contribution < -0.4 is 4.74 Å². The van der Waals surface area contributed by atoms with Gasteiger partial charge in [-0.1, -0.05) is 18.2 Å². The van der Waals surface area contributed by atoms with Crippen LogP contribution in [0, 0.1) is 5.92 Å². The maximum absolute atomic E-state index is 10.6. The van der Waals surface area contributed by atoms with Crippen molar-refractivity contribution in [1.29, 1.82) is 0 Å². The first kappa shape index (κ1) is 8.57. The van der Waals surface area contributed by atoms with Crippen LogP contribution in [-0.2, 0) is 4.79 Å². The van der Waals surface area contributed by atoms with Gasteiger partial charge in [0.1, 0.15) is 12.0 Å². The number of benzene rings is 1. The van der Waals surface area contributed by atoms with Crippen molar-refractivity contribution >= 4 is 17.9 Å². The predicted molar refractivity (Wildman–Crippen MR) is 50.1 cm³/mol. The molecule has 2 nitrogen and oxygen atoms in total. The molecule has 1 heterocycles. The molecule has 0 aromatic heterocycles. The van der Waals surface area contributed by atoms with E-state index in [1.807, 2.05) is 24.3 Å². The maximum atomic E-state index is 10.6. The lowest BCUT2D eigenvalue weighted by Crippen LogP contribution is -2.23. The number of hydrogen-bond acceptors (Lipinski definition) is 2. The Balaban J connectivity index is 2.38. The van der Waals surface area contributed by atoms with Crippen molar-refractivity contribution in [2.24, 2.45) is 5.92 Å². The highest BCUT2D eigenvalue weighted by molar-refractivity contribution is 6.22. The quantitative estimate of drug-likeness (QED) is 0.508. The zero-order valence-electron chi connectivity index (χ0n) is 6.94. The van der Waals surface area contributed by atoms with Crippen LogP contribution in [0.4, 0.5) is 0 Å². The molecule has 0 N–H and O–H groups in total. The van der Waals surface area contributed by atoms with E-state index in [0.717, 1.165) is 17.6 Å². The zero-order valence-corrected chi connectivity index (χ0v) is 7.70. The molecule has 13 heavy (non-hydrogen) atoms. The number of carbonyl (C=O) groups excluding carboxylic acids is 1. The van der Waals surface area contributed by atoms with E-state index in [-0.39, 0.29) is 11.3 Å². The number of fused-ring (bicyclic) bond motifs is 1. The maximum Gasteiger partial charge on any atom is 0.128 e. The molecule has 0 aliphatic carbocycles. The van der Waals surface area contributed by atoms with Crippen LogP contribution in [0.25, 0.3) is 0 Å². The summed E-state index contributed by atoms with van der Waals surface area (Å²) in [4.78, 5) is 10.6.